The van der Waals surface area contributed by atoms with Gasteiger partial charge in [0.15, 0.2) is 0 Å². The molecular weight excluding hydrogens is 417 g/mol. The Morgan fingerprint density at radius 2 is 1.75 bits per heavy atom. The second kappa shape index (κ2) is 9.57. The molecule has 0 unspecified atom stereocenters. The normalized spacial score (nSPS) is 15.8. The molecule has 28 heavy (non-hydrogen) atoms. The first-order chi connectivity index (χ1) is 12.7. The van der Waals surface area contributed by atoms with Crippen LogP contribution in [0.3, 0.4) is 0 Å². The van der Waals surface area contributed by atoms with Gasteiger partial charge in [-0.3, -0.25) is 4.79 Å². The standard InChI is InChI=1S/C21H20ClN3O.2ClH/c22-17-4-2-16(3-5-17)21(9-11-23-12-10-21)8-7-15-1-6-18-19(13-15)24-14-25-20(18)26;;/h1-8,13-14,23H,9-12H2,(H,24,25,26);2*1H/b8-7+;;. The van der Waals surface area contributed by atoms with E-state index in [4.69, 9.17) is 11.6 Å². The number of benzene rings is 2. The molecule has 7 heteroatoms. The fourth-order valence-corrected chi connectivity index (χ4v) is 3.78. The van der Waals surface area contributed by atoms with Crippen molar-refractivity contribution in [1.29, 1.82) is 0 Å². The molecule has 4 nitrogen and oxygen atoms in total. The van der Waals surface area contributed by atoms with Gasteiger partial charge in [-0.2, -0.15) is 0 Å². The van der Waals surface area contributed by atoms with Gasteiger partial charge in [-0.05, 0) is 61.3 Å². The molecule has 0 saturated carbocycles. The highest BCUT2D eigenvalue weighted by molar-refractivity contribution is 6.30. The average Bonchev–Trinajstić information content (AvgIpc) is 2.68. The van der Waals surface area contributed by atoms with Crippen molar-refractivity contribution >= 4 is 53.4 Å². The summed E-state index contributed by atoms with van der Waals surface area (Å²) in [6, 6.07) is 13.9. The number of rotatable bonds is 3. The highest BCUT2D eigenvalue weighted by atomic mass is 35.5. The summed E-state index contributed by atoms with van der Waals surface area (Å²) in [5.41, 5.74) is 2.92. The number of hydrogen-bond acceptors (Lipinski definition) is 3. The van der Waals surface area contributed by atoms with Crippen LogP contribution in [0, 0.1) is 0 Å². The van der Waals surface area contributed by atoms with E-state index in [-0.39, 0.29) is 35.8 Å². The van der Waals surface area contributed by atoms with Crippen LogP contribution in [0.25, 0.3) is 17.0 Å². The van der Waals surface area contributed by atoms with Crippen molar-refractivity contribution in [3.8, 4) is 0 Å². The second-order valence-corrected chi connectivity index (χ2v) is 7.19. The topological polar surface area (TPSA) is 57.8 Å². The van der Waals surface area contributed by atoms with Crippen LogP contribution in [0.1, 0.15) is 24.0 Å². The Kier molecular flexibility index (Phi) is 7.67. The van der Waals surface area contributed by atoms with Crippen molar-refractivity contribution in [2.45, 2.75) is 18.3 Å². The fourth-order valence-electron chi connectivity index (χ4n) is 3.65. The van der Waals surface area contributed by atoms with Crippen molar-refractivity contribution in [1.82, 2.24) is 15.3 Å². The third-order valence-corrected chi connectivity index (χ3v) is 5.43. The molecule has 1 aliphatic rings. The van der Waals surface area contributed by atoms with Crippen molar-refractivity contribution in [2.24, 2.45) is 0 Å². The van der Waals surface area contributed by atoms with Gasteiger partial charge in [0.1, 0.15) is 0 Å². The highest BCUT2D eigenvalue weighted by Gasteiger charge is 2.31. The number of H-pyrrole nitrogens is 1. The van der Waals surface area contributed by atoms with Crippen LogP contribution in [0.4, 0.5) is 0 Å². The number of hydrogen-bond donors (Lipinski definition) is 2. The van der Waals surface area contributed by atoms with Crippen LogP contribution in [-0.4, -0.2) is 23.1 Å². The number of aromatic amines is 1. The lowest BCUT2D eigenvalue weighted by atomic mass is 9.73. The molecular formula is C21H22Cl3N3O. The summed E-state index contributed by atoms with van der Waals surface area (Å²) in [5.74, 6) is 0. The molecule has 4 rings (SSSR count). The largest absolute Gasteiger partial charge is 0.317 e. The van der Waals surface area contributed by atoms with Crippen LogP contribution in [0.2, 0.25) is 5.02 Å². The van der Waals surface area contributed by atoms with Crippen LogP contribution < -0.4 is 10.9 Å². The minimum absolute atomic E-state index is 0. The molecule has 0 radical (unpaired) electrons. The smallest absolute Gasteiger partial charge is 0.258 e. The maximum absolute atomic E-state index is 11.8. The third-order valence-electron chi connectivity index (χ3n) is 5.18. The zero-order chi connectivity index (χ0) is 18.0. The van der Waals surface area contributed by atoms with Gasteiger partial charge in [-0.25, -0.2) is 4.98 Å². The van der Waals surface area contributed by atoms with Crippen molar-refractivity contribution in [3.63, 3.8) is 0 Å². The summed E-state index contributed by atoms with van der Waals surface area (Å²) in [7, 11) is 0. The number of allylic oxidation sites excluding steroid dienone is 1. The van der Waals surface area contributed by atoms with E-state index >= 15 is 0 Å². The molecule has 0 spiro atoms. The molecule has 1 aliphatic heterocycles. The van der Waals surface area contributed by atoms with Gasteiger partial charge in [-0.15, -0.1) is 24.8 Å². The van der Waals surface area contributed by atoms with E-state index in [1.807, 2.05) is 30.3 Å². The Balaban J connectivity index is 0.00000140. The molecule has 0 bridgehead atoms. The van der Waals surface area contributed by atoms with Crippen LogP contribution in [-0.2, 0) is 5.41 Å². The number of fused-ring (bicyclic) bond motifs is 1. The fraction of sp³-hybridized carbons (Fsp3) is 0.238. The van der Waals surface area contributed by atoms with Gasteiger partial charge >= 0.3 is 0 Å². The van der Waals surface area contributed by atoms with E-state index in [0.29, 0.717) is 10.9 Å². The zero-order valence-electron chi connectivity index (χ0n) is 15.2. The van der Waals surface area contributed by atoms with Crippen molar-refractivity contribution in [3.05, 3.63) is 81.4 Å². The third kappa shape index (κ3) is 4.58. The number of nitrogens with zero attached hydrogens (tertiary/aromatic N) is 1. The first kappa shape index (κ1) is 22.4. The number of nitrogens with one attached hydrogen (secondary N) is 2. The summed E-state index contributed by atoms with van der Waals surface area (Å²) in [6.07, 6.45) is 7.96. The van der Waals surface area contributed by atoms with Gasteiger partial charge in [-0.1, -0.05) is 42.0 Å². The molecule has 0 amide bonds. The predicted octanol–water partition coefficient (Wildman–Crippen LogP) is 4.75. The molecule has 1 aromatic heterocycles. The van der Waals surface area contributed by atoms with Crippen LogP contribution >= 0.6 is 36.4 Å². The van der Waals surface area contributed by atoms with Crippen molar-refractivity contribution in [2.75, 3.05) is 13.1 Å². The highest BCUT2D eigenvalue weighted by Crippen LogP contribution is 2.36. The lowest BCUT2D eigenvalue weighted by molar-refractivity contribution is 0.375. The molecule has 1 fully saturated rings. The molecule has 0 aliphatic carbocycles. The first-order valence-electron chi connectivity index (χ1n) is 8.80. The minimum atomic E-state index is -0.110. The second-order valence-electron chi connectivity index (χ2n) is 6.75. The summed E-state index contributed by atoms with van der Waals surface area (Å²) in [4.78, 5) is 18.7. The first-order valence-corrected chi connectivity index (χ1v) is 9.18. The average molecular weight is 439 g/mol. The van der Waals surface area contributed by atoms with E-state index in [0.717, 1.165) is 36.5 Å². The van der Waals surface area contributed by atoms with Gasteiger partial charge < -0.3 is 10.3 Å². The molecule has 3 aromatic rings. The van der Waals surface area contributed by atoms with E-state index in [2.05, 4.69) is 39.6 Å². The monoisotopic (exact) mass is 437 g/mol. The van der Waals surface area contributed by atoms with E-state index in [9.17, 15) is 4.79 Å². The zero-order valence-corrected chi connectivity index (χ0v) is 17.5. The van der Waals surface area contributed by atoms with Gasteiger partial charge in [0.05, 0.1) is 17.2 Å². The molecule has 2 N–H and O–H groups in total. The van der Waals surface area contributed by atoms with Crippen LogP contribution in [0.15, 0.2) is 59.7 Å². The number of halogens is 3. The van der Waals surface area contributed by atoms with Gasteiger partial charge in [0.25, 0.3) is 5.56 Å². The molecule has 148 valence electrons. The minimum Gasteiger partial charge on any atom is -0.317 e. The summed E-state index contributed by atoms with van der Waals surface area (Å²) >= 11 is 6.07. The van der Waals surface area contributed by atoms with Crippen molar-refractivity contribution < 1.29 is 0 Å². The Bertz CT molecular complexity index is 1010. The van der Waals surface area contributed by atoms with E-state index in [1.54, 1.807) is 0 Å². The molecule has 2 heterocycles. The van der Waals surface area contributed by atoms with E-state index < -0.39 is 0 Å². The maximum atomic E-state index is 11.8. The lowest BCUT2D eigenvalue weighted by Gasteiger charge is -2.36. The molecule has 2 aromatic carbocycles. The summed E-state index contributed by atoms with van der Waals surface area (Å²) < 4.78 is 0. The number of piperidine rings is 1. The van der Waals surface area contributed by atoms with E-state index in [1.165, 1.54) is 11.9 Å². The molecule has 1 saturated heterocycles. The SMILES string of the molecule is Cl.Cl.O=c1[nH]cnc2cc(/C=C/C3(c4ccc(Cl)cc4)CCNCC3)ccc12. The van der Waals surface area contributed by atoms with Crippen LogP contribution in [0.5, 0.6) is 0 Å². The van der Waals surface area contributed by atoms with Gasteiger partial charge in [0, 0.05) is 10.4 Å². The lowest BCUT2D eigenvalue weighted by Crippen LogP contribution is -2.38. The predicted molar refractivity (Wildman–Crippen MR) is 121 cm³/mol. The quantitative estimate of drug-likeness (QED) is 0.620. The summed E-state index contributed by atoms with van der Waals surface area (Å²) in [6.45, 7) is 1.98. The number of aromatic nitrogens is 2. The Labute approximate surface area is 181 Å². The Morgan fingerprint density at radius 3 is 2.46 bits per heavy atom. The Morgan fingerprint density at radius 1 is 1.04 bits per heavy atom. The Hall–Kier alpha value is -1.85. The molecule has 0 atom stereocenters. The maximum Gasteiger partial charge on any atom is 0.258 e. The van der Waals surface area contributed by atoms with Gasteiger partial charge in [0.2, 0.25) is 0 Å². The summed E-state index contributed by atoms with van der Waals surface area (Å²) in [5, 5.41) is 4.81.